The summed E-state index contributed by atoms with van der Waals surface area (Å²) in [6, 6.07) is 2.17. The van der Waals surface area contributed by atoms with E-state index in [1.807, 2.05) is 0 Å². The molecule has 0 aromatic carbocycles. The molecule has 0 radical (unpaired) electrons. The molecule has 1 N–H and O–H groups in total. The highest BCUT2D eigenvalue weighted by atomic mass is 15.2. The van der Waals surface area contributed by atoms with Crippen LogP contribution in [0.5, 0.6) is 0 Å². The SMILES string of the molecule is CCCC(C)N(C)C(C)CNC1CCCC1. The van der Waals surface area contributed by atoms with Crippen LogP contribution in [-0.2, 0) is 0 Å². The molecule has 0 aliphatic heterocycles. The van der Waals surface area contributed by atoms with E-state index in [2.05, 4.69) is 38.0 Å². The maximum absolute atomic E-state index is 3.72. The Morgan fingerprint density at radius 3 is 2.38 bits per heavy atom. The molecule has 0 aromatic rings. The molecule has 2 atom stereocenters. The Labute approximate surface area is 102 Å². The van der Waals surface area contributed by atoms with Gasteiger partial charge in [-0.05, 0) is 40.2 Å². The van der Waals surface area contributed by atoms with Crippen LogP contribution in [0.25, 0.3) is 0 Å². The second-order valence-corrected chi connectivity index (χ2v) is 5.54. The molecule has 16 heavy (non-hydrogen) atoms. The summed E-state index contributed by atoms with van der Waals surface area (Å²) in [5.41, 5.74) is 0. The van der Waals surface area contributed by atoms with Crippen molar-refractivity contribution in [3.8, 4) is 0 Å². The van der Waals surface area contributed by atoms with Gasteiger partial charge in [0.2, 0.25) is 0 Å². The highest BCUT2D eigenvalue weighted by molar-refractivity contribution is 4.78. The van der Waals surface area contributed by atoms with E-state index in [-0.39, 0.29) is 0 Å². The van der Waals surface area contributed by atoms with E-state index in [9.17, 15) is 0 Å². The maximum Gasteiger partial charge on any atom is 0.0192 e. The van der Waals surface area contributed by atoms with Gasteiger partial charge < -0.3 is 5.32 Å². The molecule has 0 bridgehead atoms. The first-order valence-corrected chi connectivity index (χ1v) is 7.10. The van der Waals surface area contributed by atoms with Crippen molar-refractivity contribution in [2.24, 2.45) is 0 Å². The highest BCUT2D eigenvalue weighted by Gasteiger charge is 2.18. The standard InChI is InChI=1S/C14H30N2/c1-5-8-12(2)16(4)13(3)11-15-14-9-6-7-10-14/h12-15H,5-11H2,1-4H3. The molecular weight excluding hydrogens is 196 g/mol. The average molecular weight is 226 g/mol. The predicted octanol–water partition coefficient (Wildman–Crippen LogP) is 3.03. The van der Waals surface area contributed by atoms with Gasteiger partial charge in [-0.25, -0.2) is 0 Å². The van der Waals surface area contributed by atoms with Gasteiger partial charge in [0, 0.05) is 24.7 Å². The second kappa shape index (κ2) is 7.29. The fourth-order valence-corrected chi connectivity index (χ4v) is 2.67. The molecule has 1 aliphatic carbocycles. The number of likely N-dealkylation sites (N-methyl/N-ethyl adjacent to an activating group) is 1. The summed E-state index contributed by atoms with van der Waals surface area (Å²) in [5, 5.41) is 3.72. The van der Waals surface area contributed by atoms with Gasteiger partial charge in [0.05, 0.1) is 0 Å². The topological polar surface area (TPSA) is 15.3 Å². The summed E-state index contributed by atoms with van der Waals surface area (Å²) in [4.78, 5) is 2.52. The zero-order valence-electron chi connectivity index (χ0n) is 11.6. The molecule has 0 heterocycles. The van der Waals surface area contributed by atoms with Gasteiger partial charge >= 0.3 is 0 Å². The molecule has 0 aromatic heterocycles. The molecule has 0 spiro atoms. The molecule has 1 fully saturated rings. The monoisotopic (exact) mass is 226 g/mol. The summed E-state index contributed by atoms with van der Waals surface area (Å²) >= 11 is 0. The van der Waals surface area contributed by atoms with Crippen molar-refractivity contribution < 1.29 is 0 Å². The summed E-state index contributed by atoms with van der Waals surface area (Å²) in [7, 11) is 2.27. The lowest BCUT2D eigenvalue weighted by molar-refractivity contribution is 0.180. The zero-order valence-corrected chi connectivity index (χ0v) is 11.6. The van der Waals surface area contributed by atoms with Crippen LogP contribution >= 0.6 is 0 Å². The van der Waals surface area contributed by atoms with E-state index in [0.29, 0.717) is 12.1 Å². The van der Waals surface area contributed by atoms with Crippen molar-refractivity contribution in [3.05, 3.63) is 0 Å². The van der Waals surface area contributed by atoms with Crippen molar-refractivity contribution >= 4 is 0 Å². The van der Waals surface area contributed by atoms with Crippen LogP contribution in [0, 0.1) is 0 Å². The Hall–Kier alpha value is -0.0800. The van der Waals surface area contributed by atoms with Crippen LogP contribution in [0.1, 0.15) is 59.3 Å². The van der Waals surface area contributed by atoms with Crippen LogP contribution in [0.15, 0.2) is 0 Å². The van der Waals surface area contributed by atoms with Crippen LogP contribution in [0.2, 0.25) is 0 Å². The second-order valence-electron chi connectivity index (χ2n) is 5.54. The van der Waals surface area contributed by atoms with Gasteiger partial charge in [0.1, 0.15) is 0 Å². The van der Waals surface area contributed by atoms with Crippen LogP contribution < -0.4 is 5.32 Å². The Bertz CT molecular complexity index is 176. The maximum atomic E-state index is 3.72. The average Bonchev–Trinajstić information content (AvgIpc) is 2.78. The number of hydrogen-bond donors (Lipinski definition) is 1. The van der Waals surface area contributed by atoms with Gasteiger partial charge in [0.25, 0.3) is 0 Å². The summed E-state index contributed by atoms with van der Waals surface area (Å²) < 4.78 is 0. The largest absolute Gasteiger partial charge is 0.312 e. The third-order valence-electron chi connectivity index (χ3n) is 4.15. The smallest absolute Gasteiger partial charge is 0.0192 e. The van der Waals surface area contributed by atoms with E-state index >= 15 is 0 Å². The van der Waals surface area contributed by atoms with Gasteiger partial charge in [-0.2, -0.15) is 0 Å². The molecular formula is C14H30N2. The van der Waals surface area contributed by atoms with E-state index in [0.717, 1.165) is 12.6 Å². The fourth-order valence-electron chi connectivity index (χ4n) is 2.67. The first-order chi connectivity index (χ1) is 7.65. The third-order valence-corrected chi connectivity index (χ3v) is 4.15. The zero-order chi connectivity index (χ0) is 12.0. The minimum Gasteiger partial charge on any atom is -0.312 e. The van der Waals surface area contributed by atoms with Crippen molar-refractivity contribution in [1.82, 2.24) is 10.2 Å². The van der Waals surface area contributed by atoms with Gasteiger partial charge in [-0.15, -0.1) is 0 Å². The molecule has 0 amide bonds. The molecule has 1 saturated carbocycles. The number of nitrogens with zero attached hydrogens (tertiary/aromatic N) is 1. The lowest BCUT2D eigenvalue weighted by atomic mass is 10.1. The first kappa shape index (κ1) is 14.0. The van der Waals surface area contributed by atoms with Crippen LogP contribution in [0.4, 0.5) is 0 Å². The van der Waals surface area contributed by atoms with Crippen molar-refractivity contribution in [2.75, 3.05) is 13.6 Å². The van der Waals surface area contributed by atoms with Gasteiger partial charge in [-0.3, -0.25) is 4.90 Å². The lowest BCUT2D eigenvalue weighted by Gasteiger charge is -2.31. The van der Waals surface area contributed by atoms with E-state index in [1.54, 1.807) is 0 Å². The Kier molecular flexibility index (Phi) is 6.37. The van der Waals surface area contributed by atoms with E-state index in [4.69, 9.17) is 0 Å². The Morgan fingerprint density at radius 2 is 1.81 bits per heavy atom. The molecule has 2 unspecified atom stereocenters. The van der Waals surface area contributed by atoms with Crippen LogP contribution in [0.3, 0.4) is 0 Å². The minimum atomic E-state index is 0.655. The van der Waals surface area contributed by atoms with Crippen molar-refractivity contribution in [3.63, 3.8) is 0 Å². The molecule has 1 rings (SSSR count). The van der Waals surface area contributed by atoms with Gasteiger partial charge in [-0.1, -0.05) is 26.2 Å². The first-order valence-electron chi connectivity index (χ1n) is 7.10. The minimum absolute atomic E-state index is 0.655. The highest BCUT2D eigenvalue weighted by Crippen LogP contribution is 2.17. The van der Waals surface area contributed by atoms with E-state index in [1.165, 1.54) is 38.5 Å². The number of rotatable bonds is 7. The van der Waals surface area contributed by atoms with Crippen LogP contribution in [-0.4, -0.2) is 36.6 Å². The Morgan fingerprint density at radius 1 is 1.19 bits per heavy atom. The van der Waals surface area contributed by atoms with Crippen molar-refractivity contribution in [1.29, 1.82) is 0 Å². The molecule has 96 valence electrons. The summed E-state index contributed by atoms with van der Waals surface area (Å²) in [5.74, 6) is 0. The van der Waals surface area contributed by atoms with Gasteiger partial charge in [0.15, 0.2) is 0 Å². The lowest BCUT2D eigenvalue weighted by Crippen LogP contribution is -2.44. The fraction of sp³-hybridized carbons (Fsp3) is 1.00. The number of hydrogen-bond acceptors (Lipinski definition) is 2. The quantitative estimate of drug-likeness (QED) is 0.718. The van der Waals surface area contributed by atoms with Crippen molar-refractivity contribution in [2.45, 2.75) is 77.4 Å². The van der Waals surface area contributed by atoms with E-state index < -0.39 is 0 Å². The number of nitrogens with one attached hydrogen (secondary N) is 1. The Balaban J connectivity index is 2.19. The molecule has 2 nitrogen and oxygen atoms in total. The summed E-state index contributed by atoms with van der Waals surface area (Å²) in [6.07, 6.45) is 8.22. The normalized spacial score (nSPS) is 21.6. The molecule has 0 saturated heterocycles. The summed E-state index contributed by atoms with van der Waals surface area (Å²) in [6.45, 7) is 8.10. The predicted molar refractivity (Wildman–Crippen MR) is 71.9 cm³/mol. The molecule has 1 aliphatic rings. The molecule has 2 heteroatoms. The third kappa shape index (κ3) is 4.42.